The number of H-pyrrole nitrogens is 2. The van der Waals surface area contributed by atoms with Crippen LogP contribution in [0, 0.1) is 11.3 Å². The molecule has 8 heteroatoms. The molecule has 0 saturated heterocycles. The molecule has 5 aromatic rings. The van der Waals surface area contributed by atoms with Gasteiger partial charge in [0.2, 0.25) is 5.78 Å². The maximum absolute atomic E-state index is 12.4. The molecule has 3 aromatic carbocycles. The molecule has 0 atom stereocenters. The zero-order valence-electron chi connectivity index (χ0n) is 17.4. The number of hydrogen-bond donors (Lipinski definition) is 2. The molecule has 0 spiro atoms. The van der Waals surface area contributed by atoms with Crippen LogP contribution in [0.4, 0.5) is 0 Å². The SMILES string of the molecule is COc1ccc2c(C#N)n[nH]c2c1.COc1ccc2c(C(=O)c3ccccc3)n[nH]c2c1. The van der Waals surface area contributed by atoms with E-state index >= 15 is 0 Å². The van der Waals surface area contributed by atoms with Crippen LogP contribution in [0.5, 0.6) is 11.5 Å². The maximum atomic E-state index is 12.4. The van der Waals surface area contributed by atoms with Crippen molar-refractivity contribution in [3.8, 4) is 17.6 Å². The molecule has 2 N–H and O–H groups in total. The van der Waals surface area contributed by atoms with Crippen molar-refractivity contribution >= 4 is 27.6 Å². The van der Waals surface area contributed by atoms with Crippen molar-refractivity contribution in [1.29, 1.82) is 5.26 Å². The summed E-state index contributed by atoms with van der Waals surface area (Å²) in [5.41, 5.74) is 3.09. The van der Waals surface area contributed by atoms with Gasteiger partial charge in [-0.3, -0.25) is 15.0 Å². The lowest BCUT2D eigenvalue weighted by Crippen LogP contribution is -2.01. The average molecular weight is 425 g/mol. The highest BCUT2D eigenvalue weighted by atomic mass is 16.5. The largest absolute Gasteiger partial charge is 0.497 e. The Kier molecular flexibility index (Phi) is 5.81. The first-order valence-corrected chi connectivity index (χ1v) is 9.68. The van der Waals surface area contributed by atoms with Gasteiger partial charge in [-0.2, -0.15) is 15.5 Å². The number of nitrogens with zero attached hydrogens (tertiary/aromatic N) is 3. The van der Waals surface area contributed by atoms with Gasteiger partial charge in [0.1, 0.15) is 23.3 Å². The smallest absolute Gasteiger partial charge is 0.213 e. The maximum Gasteiger partial charge on any atom is 0.213 e. The second-order valence-corrected chi connectivity index (χ2v) is 6.77. The number of carbonyl (C=O) groups excluding carboxylic acids is 1. The van der Waals surface area contributed by atoms with Crippen LogP contribution in [-0.2, 0) is 0 Å². The number of nitriles is 1. The van der Waals surface area contributed by atoms with Crippen molar-refractivity contribution < 1.29 is 14.3 Å². The highest BCUT2D eigenvalue weighted by molar-refractivity contribution is 6.14. The van der Waals surface area contributed by atoms with Gasteiger partial charge in [-0.15, -0.1) is 0 Å². The van der Waals surface area contributed by atoms with E-state index in [4.69, 9.17) is 14.7 Å². The molecule has 32 heavy (non-hydrogen) atoms. The summed E-state index contributed by atoms with van der Waals surface area (Å²) in [5, 5.41) is 23.9. The monoisotopic (exact) mass is 425 g/mol. The number of nitrogens with one attached hydrogen (secondary N) is 2. The summed E-state index contributed by atoms with van der Waals surface area (Å²) in [6.45, 7) is 0. The molecule has 0 unspecified atom stereocenters. The van der Waals surface area contributed by atoms with Crippen LogP contribution in [0.1, 0.15) is 21.7 Å². The van der Waals surface area contributed by atoms with Crippen LogP contribution < -0.4 is 9.47 Å². The molecule has 0 radical (unpaired) electrons. The summed E-state index contributed by atoms with van der Waals surface area (Å²) < 4.78 is 10.2. The molecule has 2 aromatic heterocycles. The van der Waals surface area contributed by atoms with E-state index in [0.29, 0.717) is 17.0 Å². The molecule has 158 valence electrons. The predicted molar refractivity (Wildman–Crippen MR) is 120 cm³/mol. The minimum Gasteiger partial charge on any atom is -0.497 e. The Morgan fingerprint density at radius 1 is 0.844 bits per heavy atom. The van der Waals surface area contributed by atoms with E-state index in [2.05, 4.69) is 20.4 Å². The van der Waals surface area contributed by atoms with Crippen LogP contribution in [0.3, 0.4) is 0 Å². The summed E-state index contributed by atoms with van der Waals surface area (Å²) in [4.78, 5) is 12.4. The Hall–Kier alpha value is -4.64. The zero-order valence-corrected chi connectivity index (χ0v) is 17.4. The van der Waals surface area contributed by atoms with Gasteiger partial charge < -0.3 is 9.47 Å². The summed E-state index contributed by atoms with van der Waals surface area (Å²) in [5.74, 6) is 1.40. The standard InChI is InChI=1S/C15H12N2O2.C9H7N3O/c1-19-11-7-8-12-13(9-11)16-17-14(12)15(18)10-5-3-2-4-6-10;1-13-6-2-3-7-8(4-6)11-12-9(7)5-10/h2-9H,1H3,(H,16,17);2-4H,1H3,(H,11,12). The summed E-state index contributed by atoms with van der Waals surface area (Å²) in [6, 6.07) is 22.0. The normalized spacial score (nSPS) is 10.3. The number of carbonyl (C=O) groups is 1. The second kappa shape index (κ2) is 9.02. The molecular weight excluding hydrogens is 406 g/mol. The van der Waals surface area contributed by atoms with E-state index < -0.39 is 0 Å². The Bertz CT molecular complexity index is 1430. The molecule has 2 heterocycles. The third-order valence-corrected chi connectivity index (χ3v) is 4.90. The number of benzene rings is 3. The molecule has 8 nitrogen and oxygen atoms in total. The topological polar surface area (TPSA) is 117 Å². The number of methoxy groups -OCH3 is 2. The molecular formula is C24H19N5O3. The number of hydrogen-bond acceptors (Lipinski definition) is 6. The van der Waals surface area contributed by atoms with Crippen LogP contribution in [-0.4, -0.2) is 40.4 Å². The highest BCUT2D eigenvalue weighted by Crippen LogP contribution is 2.23. The van der Waals surface area contributed by atoms with Gasteiger partial charge in [-0.25, -0.2) is 0 Å². The van der Waals surface area contributed by atoms with Crippen molar-refractivity contribution in [3.05, 3.63) is 83.7 Å². The number of rotatable bonds is 4. The van der Waals surface area contributed by atoms with Crippen LogP contribution in [0.15, 0.2) is 66.7 Å². The number of aromatic nitrogens is 4. The van der Waals surface area contributed by atoms with Gasteiger partial charge in [0, 0.05) is 28.5 Å². The van der Waals surface area contributed by atoms with Crippen LogP contribution in [0.2, 0.25) is 0 Å². The molecule has 0 aliphatic heterocycles. The number of ketones is 1. The summed E-state index contributed by atoms with van der Waals surface area (Å²) >= 11 is 0. The number of ether oxygens (including phenoxy) is 2. The Balaban J connectivity index is 0.000000165. The molecule has 0 saturated carbocycles. The second-order valence-electron chi connectivity index (χ2n) is 6.77. The van der Waals surface area contributed by atoms with Crippen molar-refractivity contribution in [3.63, 3.8) is 0 Å². The molecule has 0 aliphatic rings. The lowest BCUT2D eigenvalue weighted by atomic mass is 10.1. The Labute approximate surface area is 183 Å². The van der Waals surface area contributed by atoms with Crippen LogP contribution in [0.25, 0.3) is 21.8 Å². The van der Waals surface area contributed by atoms with Crippen molar-refractivity contribution in [1.82, 2.24) is 20.4 Å². The third kappa shape index (κ3) is 4.00. The van der Waals surface area contributed by atoms with E-state index in [1.165, 1.54) is 0 Å². The van der Waals surface area contributed by atoms with Gasteiger partial charge in [0.25, 0.3) is 0 Å². The Morgan fingerprint density at radius 2 is 1.44 bits per heavy atom. The predicted octanol–water partition coefficient (Wildman–Crippen LogP) is 4.25. The zero-order chi connectivity index (χ0) is 22.5. The average Bonchev–Trinajstić information content (AvgIpc) is 3.47. The van der Waals surface area contributed by atoms with E-state index in [1.54, 1.807) is 32.4 Å². The number of aromatic amines is 2. The van der Waals surface area contributed by atoms with Gasteiger partial charge in [-0.1, -0.05) is 30.3 Å². The Morgan fingerprint density at radius 3 is 2.06 bits per heavy atom. The van der Waals surface area contributed by atoms with E-state index in [-0.39, 0.29) is 5.78 Å². The minimum absolute atomic E-state index is 0.0861. The van der Waals surface area contributed by atoms with Crippen molar-refractivity contribution in [2.24, 2.45) is 0 Å². The molecule has 5 rings (SSSR count). The molecule has 0 aliphatic carbocycles. The van der Waals surface area contributed by atoms with Gasteiger partial charge in [0.05, 0.1) is 25.3 Å². The van der Waals surface area contributed by atoms with E-state index in [0.717, 1.165) is 33.3 Å². The van der Waals surface area contributed by atoms with Crippen LogP contribution >= 0.6 is 0 Å². The van der Waals surface area contributed by atoms with Gasteiger partial charge >= 0.3 is 0 Å². The molecule has 0 amide bonds. The quantitative estimate of drug-likeness (QED) is 0.416. The van der Waals surface area contributed by atoms with Gasteiger partial charge in [0.15, 0.2) is 5.69 Å². The first kappa shape index (κ1) is 20.6. The highest BCUT2D eigenvalue weighted by Gasteiger charge is 2.16. The minimum atomic E-state index is -0.0861. The molecule has 0 bridgehead atoms. The fourth-order valence-electron chi connectivity index (χ4n) is 3.24. The first-order valence-electron chi connectivity index (χ1n) is 9.68. The molecule has 0 fully saturated rings. The lowest BCUT2D eigenvalue weighted by Gasteiger charge is -2.00. The van der Waals surface area contributed by atoms with E-state index in [9.17, 15) is 4.79 Å². The van der Waals surface area contributed by atoms with Crippen molar-refractivity contribution in [2.45, 2.75) is 0 Å². The van der Waals surface area contributed by atoms with E-state index in [1.807, 2.05) is 54.6 Å². The number of fused-ring (bicyclic) bond motifs is 2. The summed E-state index contributed by atoms with van der Waals surface area (Å²) in [6.07, 6.45) is 0. The van der Waals surface area contributed by atoms with Gasteiger partial charge in [-0.05, 0) is 24.3 Å². The summed E-state index contributed by atoms with van der Waals surface area (Å²) in [7, 11) is 3.20. The third-order valence-electron chi connectivity index (χ3n) is 4.90. The first-order chi connectivity index (χ1) is 15.6. The fraction of sp³-hybridized carbons (Fsp3) is 0.0833. The fourth-order valence-corrected chi connectivity index (χ4v) is 3.24. The van der Waals surface area contributed by atoms with Crippen molar-refractivity contribution in [2.75, 3.05) is 14.2 Å². The lowest BCUT2D eigenvalue weighted by molar-refractivity contribution is 0.103.